The van der Waals surface area contributed by atoms with Gasteiger partial charge in [-0.1, -0.05) is 0 Å². The van der Waals surface area contributed by atoms with Crippen molar-refractivity contribution in [3.8, 4) is 0 Å². The van der Waals surface area contributed by atoms with Gasteiger partial charge in [-0.3, -0.25) is 9.59 Å². The smallest absolute Gasteiger partial charge is 0.264 e. The summed E-state index contributed by atoms with van der Waals surface area (Å²) >= 11 is 1.27. The van der Waals surface area contributed by atoms with Gasteiger partial charge in [0.15, 0.2) is 0 Å². The van der Waals surface area contributed by atoms with E-state index in [0.717, 1.165) is 13.1 Å². The van der Waals surface area contributed by atoms with Crippen molar-refractivity contribution in [1.29, 1.82) is 0 Å². The zero-order valence-electron chi connectivity index (χ0n) is 9.60. The summed E-state index contributed by atoms with van der Waals surface area (Å²) in [7, 11) is 0. The molecule has 0 saturated carbocycles. The van der Waals surface area contributed by atoms with Crippen LogP contribution in [0, 0.1) is 0 Å². The summed E-state index contributed by atoms with van der Waals surface area (Å²) in [4.78, 5) is 25.6. The van der Waals surface area contributed by atoms with E-state index in [9.17, 15) is 9.59 Å². The van der Waals surface area contributed by atoms with E-state index in [1.165, 1.54) is 11.3 Å². The van der Waals surface area contributed by atoms with Crippen LogP contribution in [0.3, 0.4) is 0 Å². The lowest BCUT2D eigenvalue weighted by molar-refractivity contribution is 0.0661. The van der Waals surface area contributed by atoms with Gasteiger partial charge in [-0.25, -0.2) is 0 Å². The Hall–Kier alpha value is -1.40. The van der Waals surface area contributed by atoms with Crippen LogP contribution < -0.4 is 11.1 Å². The summed E-state index contributed by atoms with van der Waals surface area (Å²) < 4.78 is 0. The third-order valence-electron chi connectivity index (χ3n) is 2.86. The first kappa shape index (κ1) is 12.1. The number of primary amides is 1. The second-order valence-corrected chi connectivity index (χ2v) is 5.03. The van der Waals surface area contributed by atoms with Crippen molar-refractivity contribution in [2.45, 2.75) is 13.0 Å². The molecule has 1 saturated heterocycles. The second kappa shape index (κ2) is 4.85. The number of hydrogen-bond acceptors (Lipinski definition) is 4. The van der Waals surface area contributed by atoms with Crippen LogP contribution in [0.15, 0.2) is 11.4 Å². The Labute approximate surface area is 104 Å². The van der Waals surface area contributed by atoms with Gasteiger partial charge in [-0.15, -0.1) is 11.3 Å². The van der Waals surface area contributed by atoms with Crippen LogP contribution in [0.4, 0.5) is 0 Å². The third-order valence-corrected chi connectivity index (χ3v) is 3.78. The van der Waals surface area contributed by atoms with Gasteiger partial charge in [0, 0.05) is 31.1 Å². The summed E-state index contributed by atoms with van der Waals surface area (Å²) in [5.41, 5.74) is 5.57. The van der Waals surface area contributed by atoms with Crippen molar-refractivity contribution in [1.82, 2.24) is 10.2 Å². The van der Waals surface area contributed by atoms with Crippen LogP contribution >= 0.6 is 11.3 Å². The van der Waals surface area contributed by atoms with Crippen molar-refractivity contribution >= 4 is 23.2 Å². The highest BCUT2D eigenvalue weighted by molar-refractivity contribution is 7.12. The molecule has 17 heavy (non-hydrogen) atoms. The molecule has 0 unspecified atom stereocenters. The monoisotopic (exact) mass is 253 g/mol. The highest BCUT2D eigenvalue weighted by Crippen LogP contribution is 2.18. The molecular weight excluding hydrogens is 238 g/mol. The average molecular weight is 253 g/mol. The fraction of sp³-hybridized carbons (Fsp3) is 0.455. The van der Waals surface area contributed by atoms with Crippen LogP contribution in [-0.4, -0.2) is 42.4 Å². The Bertz CT molecular complexity index is 444. The zero-order valence-corrected chi connectivity index (χ0v) is 10.4. The number of rotatable bonds is 2. The minimum absolute atomic E-state index is 0.0171. The molecule has 1 atom stereocenters. The predicted octanol–water partition coefficient (Wildman–Crippen LogP) is 0.281. The minimum Gasteiger partial charge on any atom is -0.366 e. The van der Waals surface area contributed by atoms with Crippen LogP contribution in [0.5, 0.6) is 0 Å². The summed E-state index contributed by atoms with van der Waals surface area (Å²) in [6, 6.07) is 1.75. The lowest BCUT2D eigenvalue weighted by atomic mass is 10.2. The average Bonchev–Trinajstić information content (AvgIpc) is 2.78. The lowest BCUT2D eigenvalue weighted by Gasteiger charge is -2.33. The molecule has 1 fully saturated rings. The molecule has 1 aliphatic heterocycles. The van der Waals surface area contributed by atoms with Gasteiger partial charge in [0.2, 0.25) is 5.91 Å². The molecule has 0 aromatic carbocycles. The quantitative estimate of drug-likeness (QED) is 0.795. The third kappa shape index (κ3) is 2.48. The van der Waals surface area contributed by atoms with Crippen molar-refractivity contribution in [2.24, 2.45) is 5.73 Å². The second-order valence-electron chi connectivity index (χ2n) is 4.12. The van der Waals surface area contributed by atoms with Crippen LogP contribution in [0.1, 0.15) is 27.0 Å². The van der Waals surface area contributed by atoms with Gasteiger partial charge in [0.25, 0.3) is 5.91 Å². The summed E-state index contributed by atoms with van der Waals surface area (Å²) in [6.07, 6.45) is 0. The number of carbonyl (C=O) groups excluding carboxylic acids is 2. The Kier molecular flexibility index (Phi) is 3.44. The number of hydrogen-bond donors (Lipinski definition) is 2. The van der Waals surface area contributed by atoms with Crippen molar-refractivity contribution in [3.63, 3.8) is 0 Å². The van der Waals surface area contributed by atoms with Gasteiger partial charge >= 0.3 is 0 Å². The normalized spacial score (nSPS) is 20.3. The molecular formula is C11H15N3O2S. The topological polar surface area (TPSA) is 75.4 Å². The maximum atomic E-state index is 12.2. The largest absolute Gasteiger partial charge is 0.366 e. The molecule has 0 radical (unpaired) electrons. The van der Waals surface area contributed by atoms with Gasteiger partial charge in [0.05, 0.1) is 10.4 Å². The van der Waals surface area contributed by atoms with Crippen molar-refractivity contribution in [3.05, 3.63) is 21.9 Å². The fourth-order valence-corrected chi connectivity index (χ4v) is 2.71. The standard InChI is InChI=1S/C11H15N3O2S/c1-7-5-13-2-3-14(7)11(16)9-4-8(6-17-9)10(12)15/h4,6-7,13H,2-3,5H2,1H3,(H2,12,15)/t7-/m1/s1. The van der Waals surface area contributed by atoms with Gasteiger partial charge in [-0.05, 0) is 13.0 Å². The number of piperazine rings is 1. The molecule has 1 aromatic rings. The Morgan fingerprint density at radius 2 is 2.35 bits per heavy atom. The maximum Gasteiger partial charge on any atom is 0.264 e. The Morgan fingerprint density at radius 1 is 1.59 bits per heavy atom. The van der Waals surface area contributed by atoms with E-state index in [1.54, 1.807) is 11.4 Å². The first-order chi connectivity index (χ1) is 8.09. The Morgan fingerprint density at radius 3 is 2.94 bits per heavy atom. The molecule has 0 spiro atoms. The molecule has 1 aromatic heterocycles. The summed E-state index contributed by atoms with van der Waals surface area (Å²) in [5.74, 6) is -0.509. The summed E-state index contributed by atoms with van der Waals surface area (Å²) in [6.45, 7) is 4.32. The lowest BCUT2D eigenvalue weighted by Crippen LogP contribution is -2.52. The van der Waals surface area contributed by atoms with E-state index in [0.29, 0.717) is 17.0 Å². The molecule has 0 aliphatic carbocycles. The van der Waals surface area contributed by atoms with Gasteiger partial charge < -0.3 is 16.0 Å². The molecule has 2 heterocycles. The SMILES string of the molecule is C[C@@H]1CNCCN1C(=O)c1cc(C(N)=O)cs1. The highest BCUT2D eigenvalue weighted by Gasteiger charge is 2.25. The van der Waals surface area contributed by atoms with E-state index in [1.807, 2.05) is 11.8 Å². The molecule has 5 nitrogen and oxygen atoms in total. The van der Waals surface area contributed by atoms with Crippen molar-refractivity contribution in [2.75, 3.05) is 19.6 Å². The van der Waals surface area contributed by atoms with Gasteiger partial charge in [0.1, 0.15) is 0 Å². The van der Waals surface area contributed by atoms with Crippen LogP contribution in [0.25, 0.3) is 0 Å². The predicted molar refractivity (Wildman–Crippen MR) is 66.2 cm³/mol. The Balaban J connectivity index is 2.15. The molecule has 2 rings (SSSR count). The maximum absolute atomic E-state index is 12.2. The highest BCUT2D eigenvalue weighted by atomic mass is 32.1. The number of nitrogens with zero attached hydrogens (tertiary/aromatic N) is 1. The number of nitrogens with two attached hydrogens (primary N) is 1. The van der Waals surface area contributed by atoms with Crippen LogP contribution in [0.2, 0.25) is 0 Å². The molecule has 2 amide bonds. The molecule has 6 heteroatoms. The zero-order chi connectivity index (χ0) is 12.4. The van der Waals surface area contributed by atoms with E-state index in [4.69, 9.17) is 5.73 Å². The number of carbonyl (C=O) groups is 2. The first-order valence-electron chi connectivity index (χ1n) is 5.49. The molecule has 92 valence electrons. The fourth-order valence-electron chi connectivity index (χ4n) is 1.86. The molecule has 1 aliphatic rings. The number of nitrogens with one attached hydrogen (secondary N) is 1. The van der Waals surface area contributed by atoms with Crippen molar-refractivity contribution < 1.29 is 9.59 Å². The molecule has 3 N–H and O–H groups in total. The van der Waals surface area contributed by atoms with Crippen LogP contribution in [-0.2, 0) is 0 Å². The molecule has 0 bridgehead atoms. The summed E-state index contributed by atoms with van der Waals surface area (Å²) in [5, 5.41) is 4.86. The van der Waals surface area contributed by atoms with E-state index >= 15 is 0 Å². The minimum atomic E-state index is -0.492. The first-order valence-corrected chi connectivity index (χ1v) is 6.37. The number of thiophene rings is 1. The van der Waals surface area contributed by atoms with E-state index < -0.39 is 5.91 Å². The van der Waals surface area contributed by atoms with E-state index in [-0.39, 0.29) is 11.9 Å². The number of amides is 2. The van der Waals surface area contributed by atoms with Gasteiger partial charge in [-0.2, -0.15) is 0 Å². The van der Waals surface area contributed by atoms with E-state index in [2.05, 4.69) is 5.32 Å².